The molecule has 2 nitrogen and oxygen atoms in total. The molecule has 2 heteroatoms. The molecule has 0 radical (unpaired) electrons. The Balaban J connectivity index is 2.70. The largest absolute Gasteiger partial charge is 0.352 e. The van der Waals surface area contributed by atoms with E-state index in [9.17, 15) is 4.79 Å². The van der Waals surface area contributed by atoms with E-state index >= 15 is 0 Å². The molecule has 0 bridgehead atoms. The zero-order valence-electron chi connectivity index (χ0n) is 7.47. The Morgan fingerprint density at radius 1 is 1.75 bits per heavy atom. The Kier molecular flexibility index (Phi) is 3.09. The number of carbonyl (C=O) groups is 1. The van der Waals surface area contributed by atoms with Crippen LogP contribution in [0, 0.1) is 0 Å². The highest BCUT2D eigenvalue weighted by Crippen LogP contribution is 2.29. The molecule has 1 N–H and O–H groups in total. The van der Waals surface area contributed by atoms with Gasteiger partial charge in [0.2, 0.25) is 6.41 Å². The number of amides is 1. The molecule has 1 fully saturated rings. The van der Waals surface area contributed by atoms with Gasteiger partial charge in [-0.2, -0.15) is 0 Å². The van der Waals surface area contributed by atoms with Gasteiger partial charge in [0, 0.05) is 0 Å². The van der Waals surface area contributed by atoms with Gasteiger partial charge in [-0.3, -0.25) is 4.79 Å². The smallest absolute Gasteiger partial charge is 0.207 e. The predicted octanol–water partition coefficient (Wildman–Crippen LogP) is 1.79. The number of carbonyl (C=O) groups excluding carboxylic acids is 1. The van der Waals surface area contributed by atoms with Gasteiger partial charge in [0.1, 0.15) is 0 Å². The zero-order chi connectivity index (χ0) is 8.97. The van der Waals surface area contributed by atoms with Gasteiger partial charge in [-0.15, -0.1) is 0 Å². The first kappa shape index (κ1) is 9.04. The predicted molar refractivity (Wildman–Crippen MR) is 49.7 cm³/mol. The van der Waals surface area contributed by atoms with Gasteiger partial charge in [-0.25, -0.2) is 0 Å². The summed E-state index contributed by atoms with van der Waals surface area (Å²) in [6.45, 7) is 6.06. The zero-order valence-corrected chi connectivity index (χ0v) is 7.47. The van der Waals surface area contributed by atoms with E-state index in [0.29, 0.717) is 0 Å². The molecule has 1 unspecified atom stereocenters. The molecule has 0 aromatic rings. The van der Waals surface area contributed by atoms with E-state index in [-0.39, 0.29) is 6.04 Å². The van der Waals surface area contributed by atoms with Crippen molar-refractivity contribution in [1.82, 2.24) is 5.32 Å². The number of hydrogen-bond donors (Lipinski definition) is 1. The van der Waals surface area contributed by atoms with Crippen LogP contribution in [-0.4, -0.2) is 12.5 Å². The van der Waals surface area contributed by atoms with Crippen LogP contribution < -0.4 is 5.32 Å². The third-order valence-electron chi connectivity index (χ3n) is 2.21. The molecule has 0 spiro atoms. The maximum atomic E-state index is 10.2. The van der Waals surface area contributed by atoms with Crippen molar-refractivity contribution in [2.24, 2.45) is 0 Å². The highest BCUT2D eigenvalue weighted by molar-refractivity contribution is 5.51. The molecule has 1 atom stereocenters. The molecule has 0 aromatic heterocycles. The molecule has 0 aromatic carbocycles. The minimum absolute atomic E-state index is 0.218. The van der Waals surface area contributed by atoms with Gasteiger partial charge in [0.25, 0.3) is 0 Å². The monoisotopic (exact) mass is 165 g/mol. The second kappa shape index (κ2) is 4.10. The van der Waals surface area contributed by atoms with Crippen molar-refractivity contribution in [1.29, 1.82) is 0 Å². The summed E-state index contributed by atoms with van der Waals surface area (Å²) in [6.07, 6.45) is 5.94. The lowest BCUT2D eigenvalue weighted by Crippen LogP contribution is -2.26. The lowest BCUT2D eigenvalue weighted by molar-refractivity contribution is -0.109. The number of rotatable bonds is 3. The lowest BCUT2D eigenvalue weighted by atomic mass is 10.1. The first-order valence-electron chi connectivity index (χ1n) is 4.37. The third-order valence-corrected chi connectivity index (χ3v) is 2.21. The minimum atomic E-state index is 0.218. The summed E-state index contributed by atoms with van der Waals surface area (Å²) in [6, 6.07) is 0.218. The fourth-order valence-corrected chi connectivity index (χ4v) is 1.63. The fourth-order valence-electron chi connectivity index (χ4n) is 1.63. The molecule has 0 saturated heterocycles. The van der Waals surface area contributed by atoms with Crippen LogP contribution in [0.5, 0.6) is 0 Å². The van der Waals surface area contributed by atoms with E-state index in [4.69, 9.17) is 0 Å². The van der Waals surface area contributed by atoms with Crippen LogP contribution in [0.2, 0.25) is 0 Å². The summed E-state index contributed by atoms with van der Waals surface area (Å²) < 4.78 is 0. The van der Waals surface area contributed by atoms with Gasteiger partial charge in [-0.1, -0.05) is 25.2 Å². The molecule has 12 heavy (non-hydrogen) atoms. The second-order valence-electron chi connectivity index (χ2n) is 3.05. The van der Waals surface area contributed by atoms with Crippen molar-refractivity contribution in [3.05, 3.63) is 23.8 Å². The van der Waals surface area contributed by atoms with Gasteiger partial charge in [0.15, 0.2) is 0 Å². The molecular formula is C10H15NO. The van der Waals surface area contributed by atoms with Crippen LogP contribution in [-0.2, 0) is 4.79 Å². The van der Waals surface area contributed by atoms with Crippen LogP contribution in [0.15, 0.2) is 23.8 Å². The molecule has 1 amide bonds. The quantitative estimate of drug-likeness (QED) is 0.635. The number of allylic oxidation sites excluding steroid dienone is 1. The summed E-state index contributed by atoms with van der Waals surface area (Å²) in [5, 5.41) is 2.80. The van der Waals surface area contributed by atoms with Crippen molar-refractivity contribution in [2.45, 2.75) is 32.2 Å². The molecular weight excluding hydrogens is 150 g/mol. The molecule has 1 rings (SSSR count). The first-order chi connectivity index (χ1) is 5.79. The Morgan fingerprint density at radius 3 is 3.08 bits per heavy atom. The van der Waals surface area contributed by atoms with Crippen molar-refractivity contribution in [3.8, 4) is 0 Å². The van der Waals surface area contributed by atoms with E-state index in [1.54, 1.807) is 0 Å². The molecule has 1 aliphatic carbocycles. The molecule has 1 saturated carbocycles. The van der Waals surface area contributed by atoms with E-state index in [2.05, 4.69) is 24.9 Å². The van der Waals surface area contributed by atoms with Crippen LogP contribution in [0.4, 0.5) is 0 Å². The Bertz CT molecular complexity index is 218. The minimum Gasteiger partial charge on any atom is -0.352 e. The van der Waals surface area contributed by atoms with Crippen molar-refractivity contribution >= 4 is 6.41 Å². The molecule has 66 valence electrons. The lowest BCUT2D eigenvalue weighted by Gasteiger charge is -2.10. The maximum absolute atomic E-state index is 10.2. The van der Waals surface area contributed by atoms with E-state index in [0.717, 1.165) is 25.7 Å². The first-order valence-corrected chi connectivity index (χ1v) is 4.37. The van der Waals surface area contributed by atoms with Gasteiger partial charge < -0.3 is 5.32 Å². The summed E-state index contributed by atoms with van der Waals surface area (Å²) >= 11 is 0. The number of hydrogen-bond acceptors (Lipinski definition) is 1. The highest BCUT2D eigenvalue weighted by atomic mass is 16.1. The van der Waals surface area contributed by atoms with Crippen molar-refractivity contribution < 1.29 is 4.79 Å². The van der Waals surface area contributed by atoms with Crippen LogP contribution in [0.25, 0.3) is 0 Å². The maximum Gasteiger partial charge on any atom is 0.207 e. The SMILES string of the molecule is C=C1CCC(NC=O)/C1=C/CC. The van der Waals surface area contributed by atoms with E-state index < -0.39 is 0 Å². The van der Waals surface area contributed by atoms with Gasteiger partial charge in [0.05, 0.1) is 6.04 Å². The summed E-state index contributed by atoms with van der Waals surface area (Å²) in [7, 11) is 0. The summed E-state index contributed by atoms with van der Waals surface area (Å²) in [5.74, 6) is 0. The fraction of sp³-hybridized carbons (Fsp3) is 0.500. The normalized spacial score (nSPS) is 26.2. The van der Waals surface area contributed by atoms with Gasteiger partial charge in [-0.05, 0) is 24.8 Å². The van der Waals surface area contributed by atoms with E-state index in [1.807, 2.05) is 0 Å². The third kappa shape index (κ3) is 1.76. The van der Waals surface area contributed by atoms with Crippen molar-refractivity contribution in [2.75, 3.05) is 0 Å². The Labute approximate surface area is 73.4 Å². The molecule has 0 heterocycles. The standard InChI is InChI=1S/C10H15NO/c1-3-4-9-8(2)5-6-10(9)11-7-12/h4,7,10H,2-3,5-6H2,1H3,(H,11,12)/b9-4+. The Morgan fingerprint density at radius 2 is 2.50 bits per heavy atom. The number of nitrogens with one attached hydrogen (secondary N) is 1. The molecule has 1 aliphatic rings. The average molecular weight is 165 g/mol. The summed E-state index contributed by atoms with van der Waals surface area (Å²) in [5.41, 5.74) is 2.40. The van der Waals surface area contributed by atoms with Crippen molar-refractivity contribution in [3.63, 3.8) is 0 Å². The summed E-state index contributed by atoms with van der Waals surface area (Å²) in [4.78, 5) is 10.2. The topological polar surface area (TPSA) is 29.1 Å². The van der Waals surface area contributed by atoms with Crippen LogP contribution in [0.3, 0.4) is 0 Å². The van der Waals surface area contributed by atoms with E-state index in [1.165, 1.54) is 11.1 Å². The van der Waals surface area contributed by atoms with Crippen LogP contribution in [0.1, 0.15) is 26.2 Å². The second-order valence-corrected chi connectivity index (χ2v) is 3.05. The highest BCUT2D eigenvalue weighted by Gasteiger charge is 2.22. The van der Waals surface area contributed by atoms with Gasteiger partial charge >= 0.3 is 0 Å². The average Bonchev–Trinajstić information content (AvgIpc) is 2.37. The van der Waals surface area contributed by atoms with Crippen LogP contribution >= 0.6 is 0 Å². The Hall–Kier alpha value is -1.05. The molecule has 0 aliphatic heterocycles.